The molecule has 1 aliphatic rings. The summed E-state index contributed by atoms with van der Waals surface area (Å²) in [6.45, 7) is 6.29. The molecule has 0 spiro atoms. The summed E-state index contributed by atoms with van der Waals surface area (Å²) in [7, 11) is 0. The lowest BCUT2D eigenvalue weighted by molar-refractivity contribution is 0.575. The number of nitrogens with one attached hydrogen (secondary N) is 1. The lowest BCUT2D eigenvalue weighted by Crippen LogP contribution is -2.27. The zero-order valence-electron chi connectivity index (χ0n) is 10.1. The Balaban J connectivity index is 1.91. The summed E-state index contributed by atoms with van der Waals surface area (Å²) in [5.41, 5.74) is 5.86. The molecule has 1 fully saturated rings. The topological polar surface area (TPSA) is 70.8 Å². The highest BCUT2D eigenvalue weighted by molar-refractivity contribution is 5.31. The van der Waals surface area contributed by atoms with Crippen LogP contribution in [0.1, 0.15) is 32.5 Å². The molecule has 2 heterocycles. The molecule has 1 aromatic rings. The molecule has 0 amide bonds. The third-order valence-corrected chi connectivity index (χ3v) is 2.99. The Hall–Kier alpha value is -1.10. The monoisotopic (exact) mass is 223 g/mol. The van der Waals surface area contributed by atoms with Crippen molar-refractivity contribution in [2.75, 3.05) is 18.0 Å². The molecule has 1 saturated heterocycles. The molecule has 5 nitrogen and oxygen atoms in total. The molecule has 1 aliphatic heterocycles. The van der Waals surface area contributed by atoms with E-state index in [0.717, 1.165) is 44.1 Å². The van der Waals surface area contributed by atoms with Crippen molar-refractivity contribution in [2.24, 2.45) is 11.7 Å². The smallest absolute Gasteiger partial charge is 0.244 e. The first-order valence-electron chi connectivity index (χ1n) is 6.07. The zero-order chi connectivity index (χ0) is 11.5. The van der Waals surface area contributed by atoms with Crippen LogP contribution in [0.5, 0.6) is 0 Å². The first-order chi connectivity index (χ1) is 7.65. The van der Waals surface area contributed by atoms with E-state index in [9.17, 15) is 0 Å². The van der Waals surface area contributed by atoms with Crippen LogP contribution in [0.25, 0.3) is 0 Å². The number of nitrogens with two attached hydrogens (primary N) is 1. The maximum Gasteiger partial charge on any atom is 0.244 e. The van der Waals surface area contributed by atoms with Crippen LogP contribution in [0.15, 0.2) is 0 Å². The van der Waals surface area contributed by atoms with Gasteiger partial charge in [-0.25, -0.2) is 0 Å². The summed E-state index contributed by atoms with van der Waals surface area (Å²) < 4.78 is 0. The molecule has 0 saturated carbocycles. The number of rotatable bonds is 4. The fourth-order valence-electron chi connectivity index (χ4n) is 1.93. The van der Waals surface area contributed by atoms with Gasteiger partial charge in [0.2, 0.25) is 5.95 Å². The second-order valence-corrected chi connectivity index (χ2v) is 5.01. The third kappa shape index (κ3) is 2.72. The quantitative estimate of drug-likeness (QED) is 0.796. The average molecular weight is 223 g/mol. The summed E-state index contributed by atoms with van der Waals surface area (Å²) >= 11 is 0. The van der Waals surface area contributed by atoms with E-state index in [4.69, 9.17) is 5.73 Å². The van der Waals surface area contributed by atoms with Gasteiger partial charge < -0.3 is 10.6 Å². The number of anilines is 1. The Bertz CT molecular complexity index is 333. The molecule has 0 aromatic carbocycles. The summed E-state index contributed by atoms with van der Waals surface area (Å²) in [6.07, 6.45) is 3.16. The normalized spacial score (nSPS) is 21.0. The molecular formula is C11H21N5. The highest BCUT2D eigenvalue weighted by Crippen LogP contribution is 2.15. The molecule has 5 heteroatoms. The molecule has 2 rings (SSSR count). The van der Waals surface area contributed by atoms with Crippen molar-refractivity contribution in [1.82, 2.24) is 15.2 Å². The summed E-state index contributed by atoms with van der Waals surface area (Å²) in [5.74, 6) is 2.50. The van der Waals surface area contributed by atoms with Crippen LogP contribution < -0.4 is 10.6 Å². The van der Waals surface area contributed by atoms with Crippen LogP contribution in [0.4, 0.5) is 5.95 Å². The molecule has 90 valence electrons. The lowest BCUT2D eigenvalue weighted by Gasteiger charge is -2.11. The molecule has 1 unspecified atom stereocenters. The van der Waals surface area contributed by atoms with Gasteiger partial charge in [-0.3, -0.25) is 5.10 Å². The number of nitrogens with zero attached hydrogens (tertiary/aromatic N) is 3. The predicted octanol–water partition coefficient (Wildman–Crippen LogP) is 0.931. The Labute approximate surface area is 96.4 Å². The van der Waals surface area contributed by atoms with Gasteiger partial charge in [0.05, 0.1) is 0 Å². The lowest BCUT2D eigenvalue weighted by atomic mass is 10.1. The van der Waals surface area contributed by atoms with Crippen LogP contribution >= 0.6 is 0 Å². The third-order valence-electron chi connectivity index (χ3n) is 2.99. The van der Waals surface area contributed by atoms with Crippen molar-refractivity contribution in [2.45, 2.75) is 39.2 Å². The molecule has 16 heavy (non-hydrogen) atoms. The second kappa shape index (κ2) is 4.82. The highest BCUT2D eigenvalue weighted by atomic mass is 15.4. The Morgan fingerprint density at radius 1 is 1.56 bits per heavy atom. The zero-order valence-corrected chi connectivity index (χ0v) is 10.1. The SMILES string of the molecule is CC(C)CCc1nc(N2CCC(N)C2)n[nH]1. The molecule has 1 atom stereocenters. The molecule has 3 N–H and O–H groups in total. The minimum Gasteiger partial charge on any atom is -0.338 e. The van der Waals surface area contributed by atoms with E-state index in [2.05, 4.69) is 33.9 Å². The van der Waals surface area contributed by atoms with Crippen LogP contribution in [0, 0.1) is 5.92 Å². The average Bonchev–Trinajstić information content (AvgIpc) is 2.83. The molecule has 0 bridgehead atoms. The van der Waals surface area contributed by atoms with Gasteiger partial charge in [0.25, 0.3) is 0 Å². The molecule has 0 aliphatic carbocycles. The summed E-state index contributed by atoms with van der Waals surface area (Å²) in [4.78, 5) is 6.66. The number of H-pyrrole nitrogens is 1. The van der Waals surface area contributed by atoms with Crippen LogP contribution in [0.3, 0.4) is 0 Å². The molecular weight excluding hydrogens is 202 g/mol. The fraction of sp³-hybridized carbons (Fsp3) is 0.818. The molecule has 1 aromatic heterocycles. The standard InChI is InChI=1S/C11H21N5/c1-8(2)3-4-10-13-11(15-14-10)16-6-5-9(12)7-16/h8-9H,3-7,12H2,1-2H3,(H,13,14,15). The maximum absolute atomic E-state index is 5.86. The first kappa shape index (κ1) is 11.4. The van der Waals surface area contributed by atoms with Crippen molar-refractivity contribution in [3.63, 3.8) is 0 Å². The Morgan fingerprint density at radius 3 is 3.00 bits per heavy atom. The Kier molecular flexibility index (Phi) is 3.43. The van der Waals surface area contributed by atoms with Crippen molar-refractivity contribution < 1.29 is 0 Å². The van der Waals surface area contributed by atoms with Crippen LogP contribution in [0.2, 0.25) is 0 Å². The largest absolute Gasteiger partial charge is 0.338 e. The number of aryl methyl sites for hydroxylation is 1. The minimum atomic E-state index is 0.276. The maximum atomic E-state index is 5.86. The van der Waals surface area contributed by atoms with Gasteiger partial charge in [-0.2, -0.15) is 4.98 Å². The molecule has 0 radical (unpaired) electrons. The van der Waals surface area contributed by atoms with E-state index in [-0.39, 0.29) is 6.04 Å². The number of aromatic amines is 1. The van der Waals surface area contributed by atoms with Gasteiger partial charge in [0, 0.05) is 25.6 Å². The summed E-state index contributed by atoms with van der Waals surface area (Å²) in [5, 5.41) is 7.25. The predicted molar refractivity (Wildman–Crippen MR) is 64.3 cm³/mol. The van der Waals surface area contributed by atoms with Crippen LogP contribution in [-0.4, -0.2) is 34.3 Å². The van der Waals surface area contributed by atoms with Crippen molar-refractivity contribution >= 4 is 5.95 Å². The van der Waals surface area contributed by atoms with Gasteiger partial charge in [-0.1, -0.05) is 13.8 Å². The van der Waals surface area contributed by atoms with E-state index < -0.39 is 0 Å². The van der Waals surface area contributed by atoms with Gasteiger partial charge in [0.1, 0.15) is 5.82 Å². The van der Waals surface area contributed by atoms with Crippen molar-refractivity contribution in [3.05, 3.63) is 5.82 Å². The minimum absolute atomic E-state index is 0.276. The van der Waals surface area contributed by atoms with E-state index in [1.165, 1.54) is 0 Å². The van der Waals surface area contributed by atoms with E-state index >= 15 is 0 Å². The van der Waals surface area contributed by atoms with Crippen LogP contribution in [-0.2, 0) is 6.42 Å². The number of aromatic nitrogens is 3. The number of hydrogen-bond acceptors (Lipinski definition) is 4. The first-order valence-corrected chi connectivity index (χ1v) is 6.07. The van der Waals surface area contributed by atoms with E-state index in [1.807, 2.05) is 0 Å². The van der Waals surface area contributed by atoms with Crippen molar-refractivity contribution in [1.29, 1.82) is 0 Å². The second-order valence-electron chi connectivity index (χ2n) is 5.01. The highest BCUT2D eigenvalue weighted by Gasteiger charge is 2.22. The van der Waals surface area contributed by atoms with Crippen molar-refractivity contribution in [3.8, 4) is 0 Å². The van der Waals surface area contributed by atoms with Gasteiger partial charge >= 0.3 is 0 Å². The van der Waals surface area contributed by atoms with Gasteiger partial charge in [-0.05, 0) is 18.8 Å². The van der Waals surface area contributed by atoms with Gasteiger partial charge in [-0.15, -0.1) is 5.10 Å². The van der Waals surface area contributed by atoms with E-state index in [0.29, 0.717) is 5.92 Å². The summed E-state index contributed by atoms with van der Waals surface area (Å²) in [6, 6.07) is 0.276. The van der Waals surface area contributed by atoms with E-state index in [1.54, 1.807) is 0 Å². The fourth-order valence-corrected chi connectivity index (χ4v) is 1.93. The van der Waals surface area contributed by atoms with Gasteiger partial charge in [0.15, 0.2) is 0 Å². The number of hydrogen-bond donors (Lipinski definition) is 2. The Morgan fingerprint density at radius 2 is 2.38 bits per heavy atom.